The Morgan fingerprint density at radius 3 is 2.89 bits per heavy atom. The number of hydrogen-bond acceptors (Lipinski definition) is 3. The van der Waals surface area contributed by atoms with Crippen LogP contribution in [0.15, 0.2) is 23.8 Å². The summed E-state index contributed by atoms with van der Waals surface area (Å²) in [4.78, 5) is 11.2. The molecular weight excluding hydrogens is 244 g/mol. The molecule has 4 nitrogen and oxygen atoms in total. The van der Waals surface area contributed by atoms with Crippen molar-refractivity contribution in [1.29, 1.82) is 0 Å². The Morgan fingerprint density at radius 1 is 1.58 bits per heavy atom. The number of epoxide rings is 1. The summed E-state index contributed by atoms with van der Waals surface area (Å²) >= 11 is 0. The molecule has 4 heteroatoms. The van der Waals surface area contributed by atoms with Crippen molar-refractivity contribution >= 4 is 5.97 Å². The van der Waals surface area contributed by atoms with Crippen LogP contribution in [-0.2, 0) is 9.53 Å². The molecule has 3 unspecified atom stereocenters. The predicted octanol–water partition coefficient (Wildman–Crippen LogP) is 2.28. The number of rotatable bonds is 3. The van der Waals surface area contributed by atoms with Crippen molar-refractivity contribution in [3.05, 3.63) is 23.8 Å². The lowest BCUT2D eigenvalue weighted by Crippen LogP contribution is -2.23. The Balaban J connectivity index is 2.15. The second kappa shape index (κ2) is 5.47. The van der Waals surface area contributed by atoms with Crippen LogP contribution in [-0.4, -0.2) is 34.5 Å². The fourth-order valence-corrected chi connectivity index (χ4v) is 2.86. The number of aliphatic hydroxyl groups excluding tert-OH is 1. The lowest BCUT2D eigenvalue weighted by atomic mass is 9.85. The third-order valence-electron chi connectivity index (χ3n) is 4.39. The summed E-state index contributed by atoms with van der Waals surface area (Å²) in [5, 5.41) is 18.7. The maximum Gasteiger partial charge on any atom is 0.331 e. The third-order valence-corrected chi connectivity index (χ3v) is 4.39. The minimum absolute atomic E-state index is 0.00382. The molecule has 0 aromatic rings. The van der Waals surface area contributed by atoms with Crippen molar-refractivity contribution in [3.8, 4) is 0 Å². The first-order chi connectivity index (χ1) is 8.98. The van der Waals surface area contributed by atoms with Crippen LogP contribution in [0.5, 0.6) is 0 Å². The standard InChI is InChI=1S/C15H22O4/c1-10(2)11-3-4-12(14(17)18)5-6-13-15(9-16,19-13)8-7-11/h4,11,13,16H,1,3,5-9H2,2H3,(H,17,18). The van der Waals surface area contributed by atoms with Crippen LogP contribution < -0.4 is 0 Å². The van der Waals surface area contributed by atoms with E-state index >= 15 is 0 Å². The summed E-state index contributed by atoms with van der Waals surface area (Å²) in [5.41, 5.74) is 1.09. The minimum atomic E-state index is -0.851. The van der Waals surface area contributed by atoms with E-state index in [1.165, 1.54) is 0 Å². The van der Waals surface area contributed by atoms with Gasteiger partial charge in [-0.15, -0.1) is 0 Å². The summed E-state index contributed by atoms with van der Waals surface area (Å²) < 4.78 is 5.64. The van der Waals surface area contributed by atoms with E-state index in [1.54, 1.807) is 0 Å². The highest BCUT2D eigenvalue weighted by molar-refractivity contribution is 5.86. The van der Waals surface area contributed by atoms with Gasteiger partial charge in [0, 0.05) is 5.57 Å². The first kappa shape index (κ1) is 14.3. The summed E-state index contributed by atoms with van der Waals surface area (Å²) in [5.74, 6) is -0.586. The quantitative estimate of drug-likeness (QED) is 0.607. The number of aliphatic hydroxyl groups is 1. The normalized spacial score (nSPS) is 34.9. The largest absolute Gasteiger partial charge is 0.478 e. The second-order valence-corrected chi connectivity index (χ2v) is 5.72. The van der Waals surface area contributed by atoms with E-state index in [-0.39, 0.29) is 18.6 Å². The molecule has 0 radical (unpaired) electrons. The van der Waals surface area contributed by atoms with Crippen molar-refractivity contribution in [3.63, 3.8) is 0 Å². The SMILES string of the molecule is C=C(C)C1CC=C(C(=O)O)CCC2OC2(CO)CC1. The fraction of sp³-hybridized carbons (Fsp3) is 0.667. The highest BCUT2D eigenvalue weighted by atomic mass is 16.6. The zero-order valence-corrected chi connectivity index (χ0v) is 11.4. The molecule has 106 valence electrons. The van der Waals surface area contributed by atoms with Crippen LogP contribution in [0.4, 0.5) is 0 Å². The number of hydrogen-bond donors (Lipinski definition) is 2. The molecule has 19 heavy (non-hydrogen) atoms. The molecule has 0 saturated carbocycles. The maximum absolute atomic E-state index is 11.2. The van der Waals surface area contributed by atoms with E-state index in [0.717, 1.165) is 18.4 Å². The van der Waals surface area contributed by atoms with Crippen LogP contribution >= 0.6 is 0 Å². The Labute approximate surface area is 113 Å². The lowest BCUT2D eigenvalue weighted by Gasteiger charge is -2.19. The summed E-state index contributed by atoms with van der Waals surface area (Å²) in [6.07, 6.45) is 5.43. The Kier molecular flexibility index (Phi) is 4.11. The molecule has 1 fully saturated rings. The van der Waals surface area contributed by atoms with Crippen molar-refractivity contribution in [2.24, 2.45) is 5.92 Å². The molecule has 0 spiro atoms. The van der Waals surface area contributed by atoms with Crippen molar-refractivity contribution < 1.29 is 19.7 Å². The second-order valence-electron chi connectivity index (χ2n) is 5.72. The third kappa shape index (κ3) is 3.07. The van der Waals surface area contributed by atoms with Crippen LogP contribution in [0.1, 0.15) is 39.0 Å². The maximum atomic E-state index is 11.2. The Hall–Kier alpha value is -1.13. The average Bonchev–Trinajstić information content (AvgIpc) is 3.06. The van der Waals surface area contributed by atoms with E-state index in [4.69, 9.17) is 4.74 Å². The van der Waals surface area contributed by atoms with Gasteiger partial charge < -0.3 is 14.9 Å². The minimum Gasteiger partial charge on any atom is -0.478 e. The van der Waals surface area contributed by atoms with Gasteiger partial charge in [-0.1, -0.05) is 18.2 Å². The molecule has 1 heterocycles. The number of carbonyl (C=O) groups is 1. The highest BCUT2D eigenvalue weighted by Crippen LogP contribution is 2.45. The van der Waals surface area contributed by atoms with Gasteiger partial charge in [-0.25, -0.2) is 4.79 Å². The van der Waals surface area contributed by atoms with Crippen molar-refractivity contribution in [1.82, 2.24) is 0 Å². The van der Waals surface area contributed by atoms with Gasteiger partial charge >= 0.3 is 5.97 Å². The summed E-state index contributed by atoms with van der Waals surface area (Å²) in [6, 6.07) is 0. The molecule has 0 aromatic carbocycles. The van der Waals surface area contributed by atoms with Crippen molar-refractivity contribution in [2.45, 2.75) is 50.7 Å². The predicted molar refractivity (Wildman–Crippen MR) is 71.8 cm³/mol. The monoisotopic (exact) mass is 266 g/mol. The number of carboxylic acids is 1. The van der Waals surface area contributed by atoms with Gasteiger partial charge in [0.15, 0.2) is 0 Å². The van der Waals surface area contributed by atoms with E-state index in [2.05, 4.69) is 6.58 Å². The van der Waals surface area contributed by atoms with Gasteiger partial charge in [-0.3, -0.25) is 0 Å². The molecule has 0 amide bonds. The smallest absolute Gasteiger partial charge is 0.331 e. The first-order valence-corrected chi connectivity index (χ1v) is 6.85. The molecule has 1 aliphatic heterocycles. The number of fused-ring (bicyclic) bond motifs is 1. The van der Waals surface area contributed by atoms with Gasteiger partial charge in [-0.2, -0.15) is 0 Å². The number of carboxylic acid groups (broad SMARTS) is 1. The molecule has 3 atom stereocenters. The van der Waals surface area contributed by atoms with Crippen LogP contribution in [0, 0.1) is 5.92 Å². The highest BCUT2D eigenvalue weighted by Gasteiger charge is 2.55. The summed E-state index contributed by atoms with van der Waals surface area (Å²) in [6.45, 7) is 5.98. The molecule has 1 saturated heterocycles. The molecular formula is C15H22O4. The van der Waals surface area contributed by atoms with Gasteiger partial charge in [0.25, 0.3) is 0 Å². The average molecular weight is 266 g/mol. The molecule has 2 aliphatic rings. The van der Waals surface area contributed by atoms with E-state index in [0.29, 0.717) is 24.8 Å². The molecule has 2 rings (SSSR count). The van der Waals surface area contributed by atoms with E-state index in [9.17, 15) is 15.0 Å². The van der Waals surface area contributed by atoms with Gasteiger partial charge in [0.1, 0.15) is 5.60 Å². The topological polar surface area (TPSA) is 70.1 Å². The van der Waals surface area contributed by atoms with Crippen LogP contribution in [0.25, 0.3) is 0 Å². The van der Waals surface area contributed by atoms with Crippen LogP contribution in [0.3, 0.4) is 0 Å². The first-order valence-electron chi connectivity index (χ1n) is 6.85. The zero-order valence-electron chi connectivity index (χ0n) is 11.4. The molecule has 0 bridgehead atoms. The summed E-state index contributed by atoms with van der Waals surface area (Å²) in [7, 11) is 0. The van der Waals surface area contributed by atoms with E-state index < -0.39 is 11.6 Å². The number of ether oxygens (including phenoxy) is 1. The van der Waals surface area contributed by atoms with Crippen molar-refractivity contribution in [2.75, 3.05) is 6.61 Å². The number of aliphatic carboxylic acids is 1. The lowest BCUT2D eigenvalue weighted by molar-refractivity contribution is -0.132. The van der Waals surface area contributed by atoms with Gasteiger partial charge in [-0.05, 0) is 44.9 Å². The Morgan fingerprint density at radius 2 is 2.32 bits per heavy atom. The molecule has 1 aliphatic carbocycles. The van der Waals surface area contributed by atoms with Gasteiger partial charge in [0.05, 0.1) is 12.7 Å². The molecule has 0 aromatic heterocycles. The number of allylic oxidation sites excluding steroid dienone is 2. The van der Waals surface area contributed by atoms with E-state index in [1.807, 2.05) is 13.0 Å². The fourth-order valence-electron chi connectivity index (χ4n) is 2.86. The molecule has 2 N–H and O–H groups in total. The zero-order chi connectivity index (χ0) is 14.0. The Bertz CT molecular complexity index is 412. The van der Waals surface area contributed by atoms with Gasteiger partial charge in [0.2, 0.25) is 0 Å². The van der Waals surface area contributed by atoms with Crippen LogP contribution in [0.2, 0.25) is 0 Å².